The minimum atomic E-state index is -0.602. The van der Waals surface area contributed by atoms with Crippen LogP contribution in [-0.2, 0) is 7.05 Å². The van der Waals surface area contributed by atoms with Gasteiger partial charge in [0.05, 0.1) is 35.5 Å². The van der Waals surface area contributed by atoms with E-state index in [-0.39, 0.29) is 17.6 Å². The van der Waals surface area contributed by atoms with Gasteiger partial charge in [0.25, 0.3) is 0 Å². The second-order valence-corrected chi connectivity index (χ2v) is 8.24. The third-order valence-electron chi connectivity index (χ3n) is 5.73. The summed E-state index contributed by atoms with van der Waals surface area (Å²) in [6, 6.07) is 13.5. The molecule has 3 aromatic carbocycles. The molecule has 0 unspecified atom stereocenters. The number of rotatable bonds is 1. The van der Waals surface area contributed by atoms with E-state index in [1.165, 1.54) is 7.11 Å². The summed E-state index contributed by atoms with van der Waals surface area (Å²) in [6.07, 6.45) is 0.255. The van der Waals surface area contributed by atoms with Crippen LogP contribution in [0, 0.1) is 0 Å². The summed E-state index contributed by atoms with van der Waals surface area (Å²) in [7, 11) is 3.41. The SMILES string of the molecule is COc1cc2c(c3c1c(=O)c1cc4ccccc4cc1n3C)C(=O)CC(C)(C)O2. The van der Waals surface area contributed by atoms with Crippen LogP contribution >= 0.6 is 0 Å². The van der Waals surface area contributed by atoms with Crippen LogP contribution in [0.2, 0.25) is 0 Å². The van der Waals surface area contributed by atoms with Gasteiger partial charge in [0.15, 0.2) is 5.78 Å². The molecular weight excluding hydrogens is 366 g/mol. The van der Waals surface area contributed by atoms with Gasteiger partial charge in [0.2, 0.25) is 5.43 Å². The Kier molecular flexibility index (Phi) is 3.57. The van der Waals surface area contributed by atoms with Crippen LogP contribution < -0.4 is 14.9 Å². The molecule has 1 aromatic heterocycles. The highest BCUT2D eigenvalue weighted by Crippen LogP contribution is 2.41. The number of carbonyl (C=O) groups is 1. The van der Waals surface area contributed by atoms with E-state index in [1.54, 1.807) is 6.07 Å². The Labute approximate surface area is 167 Å². The Balaban J connectivity index is 2.02. The van der Waals surface area contributed by atoms with Crippen LogP contribution in [0.5, 0.6) is 11.5 Å². The van der Waals surface area contributed by atoms with E-state index in [0.29, 0.717) is 33.4 Å². The summed E-state index contributed by atoms with van der Waals surface area (Å²) in [5.74, 6) is 0.852. The van der Waals surface area contributed by atoms with Crippen LogP contribution in [0.25, 0.3) is 32.6 Å². The van der Waals surface area contributed by atoms with Gasteiger partial charge in [-0.3, -0.25) is 9.59 Å². The molecule has 0 amide bonds. The molecule has 146 valence electrons. The maximum absolute atomic E-state index is 13.5. The molecule has 0 saturated carbocycles. The number of fused-ring (bicyclic) bond motifs is 5. The average Bonchev–Trinajstić information content (AvgIpc) is 2.68. The second-order valence-electron chi connectivity index (χ2n) is 8.24. The molecule has 0 atom stereocenters. The molecule has 0 saturated heterocycles. The van der Waals surface area contributed by atoms with E-state index >= 15 is 0 Å². The lowest BCUT2D eigenvalue weighted by molar-refractivity contribution is 0.0622. The molecule has 5 nitrogen and oxygen atoms in total. The zero-order valence-electron chi connectivity index (χ0n) is 16.8. The second kappa shape index (κ2) is 5.83. The minimum Gasteiger partial charge on any atom is -0.496 e. The van der Waals surface area contributed by atoms with Gasteiger partial charge < -0.3 is 14.0 Å². The highest BCUT2D eigenvalue weighted by molar-refractivity contribution is 6.14. The molecule has 5 heteroatoms. The van der Waals surface area contributed by atoms with Crippen molar-refractivity contribution in [3.05, 3.63) is 58.3 Å². The number of hydrogen-bond acceptors (Lipinski definition) is 4. The number of carbonyl (C=O) groups excluding carboxylic acids is 1. The van der Waals surface area contributed by atoms with Crippen molar-refractivity contribution >= 4 is 38.4 Å². The monoisotopic (exact) mass is 387 g/mol. The molecule has 2 heterocycles. The van der Waals surface area contributed by atoms with Crippen LogP contribution in [0.3, 0.4) is 0 Å². The van der Waals surface area contributed by atoms with Crippen molar-refractivity contribution < 1.29 is 14.3 Å². The zero-order chi connectivity index (χ0) is 20.5. The molecule has 29 heavy (non-hydrogen) atoms. The fraction of sp³-hybridized carbons (Fsp3) is 0.250. The number of hydrogen-bond donors (Lipinski definition) is 0. The van der Waals surface area contributed by atoms with E-state index in [0.717, 1.165) is 16.3 Å². The number of ether oxygens (including phenoxy) is 2. The van der Waals surface area contributed by atoms with Gasteiger partial charge in [-0.2, -0.15) is 0 Å². The maximum atomic E-state index is 13.5. The van der Waals surface area contributed by atoms with Crippen LogP contribution in [0.4, 0.5) is 0 Å². The molecule has 4 aromatic rings. The van der Waals surface area contributed by atoms with Crippen LogP contribution in [-0.4, -0.2) is 23.1 Å². The van der Waals surface area contributed by atoms with E-state index in [4.69, 9.17) is 9.47 Å². The number of benzene rings is 3. The van der Waals surface area contributed by atoms with Gasteiger partial charge in [-0.25, -0.2) is 0 Å². The van der Waals surface area contributed by atoms with Gasteiger partial charge in [-0.1, -0.05) is 24.3 Å². The van der Waals surface area contributed by atoms with Gasteiger partial charge in [0, 0.05) is 18.5 Å². The minimum absolute atomic E-state index is 0.0287. The fourth-order valence-corrected chi connectivity index (χ4v) is 4.44. The van der Waals surface area contributed by atoms with Gasteiger partial charge >= 0.3 is 0 Å². The standard InChI is InChI=1S/C24H21NO4/c1-24(2)12-17(26)20-19(29-24)11-18(28-4)21-22(20)25(3)16-10-14-8-6-5-7-13(14)9-15(16)23(21)27/h5-11H,12H2,1-4H3. The molecule has 1 aliphatic rings. The van der Waals surface area contributed by atoms with E-state index in [2.05, 4.69) is 0 Å². The van der Waals surface area contributed by atoms with E-state index < -0.39 is 5.60 Å². The van der Waals surface area contributed by atoms with Crippen molar-refractivity contribution in [2.75, 3.05) is 7.11 Å². The largest absolute Gasteiger partial charge is 0.496 e. The third-order valence-corrected chi connectivity index (χ3v) is 5.73. The Bertz CT molecular complexity index is 1410. The van der Waals surface area contributed by atoms with Crippen molar-refractivity contribution in [1.29, 1.82) is 0 Å². The Morgan fingerprint density at radius 3 is 2.45 bits per heavy atom. The summed E-state index contributed by atoms with van der Waals surface area (Å²) >= 11 is 0. The molecule has 0 aliphatic carbocycles. The number of Topliss-reactive ketones (excluding diaryl/α,β-unsaturated/α-hetero) is 1. The first-order chi connectivity index (χ1) is 13.8. The maximum Gasteiger partial charge on any atom is 0.201 e. The normalized spacial score (nSPS) is 15.5. The molecule has 5 rings (SSSR count). The van der Waals surface area contributed by atoms with E-state index in [1.807, 2.05) is 61.9 Å². The molecule has 0 fully saturated rings. The lowest BCUT2D eigenvalue weighted by Crippen LogP contribution is -2.36. The quantitative estimate of drug-likeness (QED) is 0.448. The first-order valence-electron chi connectivity index (χ1n) is 9.59. The van der Waals surface area contributed by atoms with E-state index in [9.17, 15) is 9.59 Å². The Morgan fingerprint density at radius 1 is 1.07 bits per heavy atom. The lowest BCUT2D eigenvalue weighted by atomic mass is 9.90. The summed E-state index contributed by atoms with van der Waals surface area (Å²) < 4.78 is 13.6. The third kappa shape index (κ3) is 2.47. The van der Waals surface area contributed by atoms with Crippen molar-refractivity contribution in [3.8, 4) is 11.5 Å². The Hall–Kier alpha value is -3.34. The molecule has 0 N–H and O–H groups in total. The molecular formula is C24H21NO4. The Morgan fingerprint density at radius 2 is 1.76 bits per heavy atom. The van der Waals surface area contributed by atoms with Crippen molar-refractivity contribution in [1.82, 2.24) is 4.57 Å². The summed E-state index contributed by atoms with van der Waals surface area (Å²) in [4.78, 5) is 26.6. The first kappa shape index (κ1) is 17.7. The summed E-state index contributed by atoms with van der Waals surface area (Å²) in [5, 5.41) is 3.04. The average molecular weight is 387 g/mol. The fourth-order valence-electron chi connectivity index (χ4n) is 4.44. The molecule has 1 aliphatic heterocycles. The molecule has 0 bridgehead atoms. The van der Waals surface area contributed by atoms with Gasteiger partial charge in [0.1, 0.15) is 17.1 Å². The number of aromatic nitrogens is 1. The molecule has 0 radical (unpaired) electrons. The number of methoxy groups -OCH3 is 1. The topological polar surface area (TPSA) is 57.5 Å². The van der Waals surface area contributed by atoms with Crippen molar-refractivity contribution in [3.63, 3.8) is 0 Å². The number of ketones is 1. The summed E-state index contributed by atoms with van der Waals surface area (Å²) in [5.41, 5.74) is 1.04. The zero-order valence-corrected chi connectivity index (χ0v) is 16.8. The molecule has 0 spiro atoms. The van der Waals surface area contributed by atoms with Crippen molar-refractivity contribution in [2.45, 2.75) is 25.9 Å². The van der Waals surface area contributed by atoms with Crippen LogP contribution in [0.15, 0.2) is 47.3 Å². The number of aryl methyl sites for hydroxylation is 1. The highest BCUT2D eigenvalue weighted by Gasteiger charge is 2.36. The summed E-state index contributed by atoms with van der Waals surface area (Å²) in [6.45, 7) is 3.77. The smallest absolute Gasteiger partial charge is 0.201 e. The number of pyridine rings is 1. The highest BCUT2D eigenvalue weighted by atomic mass is 16.5. The van der Waals surface area contributed by atoms with Gasteiger partial charge in [-0.15, -0.1) is 0 Å². The lowest BCUT2D eigenvalue weighted by Gasteiger charge is -2.33. The van der Waals surface area contributed by atoms with Crippen LogP contribution in [0.1, 0.15) is 30.6 Å². The predicted octanol–water partition coefficient (Wildman–Crippen LogP) is 4.60. The van der Waals surface area contributed by atoms with Gasteiger partial charge in [-0.05, 0) is 36.8 Å². The number of nitrogens with zero attached hydrogens (tertiary/aromatic N) is 1. The van der Waals surface area contributed by atoms with Crippen molar-refractivity contribution in [2.24, 2.45) is 7.05 Å². The first-order valence-corrected chi connectivity index (χ1v) is 9.59. The predicted molar refractivity (Wildman–Crippen MR) is 114 cm³/mol.